The molecule has 4 nitrogen and oxygen atoms in total. The van der Waals surface area contributed by atoms with Gasteiger partial charge in [-0.05, 0) is 29.8 Å². The fraction of sp³-hybridized carbons (Fsp3) is 0.188. The van der Waals surface area contributed by atoms with E-state index < -0.39 is 30.3 Å². The molecule has 24 heavy (non-hydrogen) atoms. The molecule has 2 rings (SSSR count). The maximum atomic E-state index is 13.1. The van der Waals surface area contributed by atoms with Gasteiger partial charge in [0, 0.05) is 18.2 Å². The van der Waals surface area contributed by atoms with Crippen LogP contribution in [0.1, 0.15) is 22.0 Å². The number of hydrogen-bond donors (Lipinski definition) is 2. The van der Waals surface area contributed by atoms with E-state index in [1.165, 1.54) is 24.3 Å². The van der Waals surface area contributed by atoms with Gasteiger partial charge in [0.25, 0.3) is 5.91 Å². The predicted octanol–water partition coefficient (Wildman–Crippen LogP) is 3.03. The zero-order valence-corrected chi connectivity index (χ0v) is 12.2. The molecule has 2 N–H and O–H groups in total. The molecule has 2 aromatic carbocycles. The molecule has 0 bridgehead atoms. The second kappa shape index (κ2) is 7.78. The predicted molar refractivity (Wildman–Crippen MR) is 76.7 cm³/mol. The molecule has 1 amide bonds. The monoisotopic (exact) mass is 343 g/mol. The summed E-state index contributed by atoms with van der Waals surface area (Å²) < 4.78 is 54.6. The van der Waals surface area contributed by atoms with Crippen molar-refractivity contribution >= 4 is 5.91 Å². The maximum Gasteiger partial charge on any atom is 0.387 e. The minimum absolute atomic E-state index is 0.139. The summed E-state index contributed by atoms with van der Waals surface area (Å²) in [4.78, 5) is 11.8. The Kier molecular flexibility index (Phi) is 5.75. The largest absolute Gasteiger partial charge is 0.435 e. The molecular weight excluding hydrogens is 330 g/mol. The Morgan fingerprint density at radius 2 is 1.79 bits per heavy atom. The van der Waals surface area contributed by atoms with Crippen molar-refractivity contribution in [2.75, 3.05) is 6.54 Å². The summed E-state index contributed by atoms with van der Waals surface area (Å²) in [6, 6.07) is 7.67. The number of halogens is 4. The van der Waals surface area contributed by atoms with E-state index in [0.717, 1.165) is 12.1 Å². The highest BCUT2D eigenvalue weighted by Gasteiger charge is 2.14. The van der Waals surface area contributed by atoms with Crippen molar-refractivity contribution in [3.05, 3.63) is 65.2 Å². The van der Waals surface area contributed by atoms with Gasteiger partial charge >= 0.3 is 6.61 Å². The lowest BCUT2D eigenvalue weighted by Gasteiger charge is -2.14. The fourth-order valence-electron chi connectivity index (χ4n) is 1.99. The number of amides is 1. The number of rotatable bonds is 6. The summed E-state index contributed by atoms with van der Waals surface area (Å²) in [5, 5.41) is 12.3. The van der Waals surface area contributed by atoms with Gasteiger partial charge in [-0.1, -0.05) is 12.1 Å². The van der Waals surface area contributed by atoms with Crippen molar-refractivity contribution in [1.82, 2.24) is 5.32 Å². The van der Waals surface area contributed by atoms with Gasteiger partial charge in [0.2, 0.25) is 0 Å². The standard InChI is InChI=1S/C16H13F4NO3/c17-11-4-10(5-12(18)7-11)15(23)21-8-14(22)9-2-1-3-13(6-9)24-16(19)20/h1-7,14,16,22H,8H2,(H,21,23). The van der Waals surface area contributed by atoms with Crippen LogP contribution in [0.3, 0.4) is 0 Å². The lowest BCUT2D eigenvalue weighted by Crippen LogP contribution is -2.28. The first-order valence-corrected chi connectivity index (χ1v) is 6.82. The molecule has 0 aliphatic rings. The Balaban J connectivity index is 1.99. The van der Waals surface area contributed by atoms with Gasteiger partial charge in [0.05, 0.1) is 6.10 Å². The van der Waals surface area contributed by atoms with Crippen LogP contribution in [0.2, 0.25) is 0 Å². The molecule has 8 heteroatoms. The quantitative estimate of drug-likeness (QED) is 0.793. The molecule has 0 fully saturated rings. The molecule has 0 saturated heterocycles. The summed E-state index contributed by atoms with van der Waals surface area (Å²) >= 11 is 0. The van der Waals surface area contributed by atoms with E-state index in [4.69, 9.17) is 0 Å². The van der Waals surface area contributed by atoms with Crippen LogP contribution < -0.4 is 10.1 Å². The average molecular weight is 343 g/mol. The number of benzene rings is 2. The van der Waals surface area contributed by atoms with Gasteiger partial charge in [-0.15, -0.1) is 0 Å². The van der Waals surface area contributed by atoms with Crippen LogP contribution in [0.15, 0.2) is 42.5 Å². The van der Waals surface area contributed by atoms with E-state index in [-0.39, 0.29) is 23.4 Å². The van der Waals surface area contributed by atoms with Crippen LogP contribution in [-0.2, 0) is 0 Å². The number of aliphatic hydroxyl groups excluding tert-OH is 1. The summed E-state index contributed by atoms with van der Waals surface area (Å²) in [7, 11) is 0. The van der Waals surface area contributed by atoms with Crippen LogP contribution in [0.4, 0.5) is 17.6 Å². The van der Waals surface area contributed by atoms with Crippen molar-refractivity contribution in [3.8, 4) is 5.75 Å². The number of ether oxygens (including phenoxy) is 1. The minimum Gasteiger partial charge on any atom is -0.435 e. The van der Waals surface area contributed by atoms with Crippen molar-refractivity contribution in [2.45, 2.75) is 12.7 Å². The average Bonchev–Trinajstić information content (AvgIpc) is 2.51. The number of nitrogens with one attached hydrogen (secondary N) is 1. The smallest absolute Gasteiger partial charge is 0.387 e. The fourth-order valence-corrected chi connectivity index (χ4v) is 1.99. The SMILES string of the molecule is O=C(NCC(O)c1cccc(OC(F)F)c1)c1cc(F)cc(F)c1. The van der Waals surface area contributed by atoms with Crippen molar-refractivity contribution in [1.29, 1.82) is 0 Å². The highest BCUT2D eigenvalue weighted by molar-refractivity contribution is 5.94. The molecule has 0 saturated carbocycles. The summed E-state index contributed by atoms with van der Waals surface area (Å²) in [6.07, 6.45) is -1.21. The number of carbonyl (C=O) groups is 1. The molecule has 1 unspecified atom stereocenters. The van der Waals surface area contributed by atoms with E-state index in [2.05, 4.69) is 10.1 Å². The van der Waals surface area contributed by atoms with E-state index in [1.807, 2.05) is 0 Å². The molecule has 0 spiro atoms. The van der Waals surface area contributed by atoms with Gasteiger partial charge in [0.15, 0.2) is 0 Å². The van der Waals surface area contributed by atoms with Crippen LogP contribution in [-0.4, -0.2) is 24.2 Å². The second-order valence-corrected chi connectivity index (χ2v) is 4.83. The third kappa shape index (κ3) is 4.95. The molecule has 0 aromatic heterocycles. The second-order valence-electron chi connectivity index (χ2n) is 4.83. The third-order valence-electron chi connectivity index (χ3n) is 3.05. The maximum absolute atomic E-state index is 13.1. The van der Waals surface area contributed by atoms with Crippen molar-refractivity contribution in [2.24, 2.45) is 0 Å². The molecule has 0 heterocycles. The molecular formula is C16H13F4NO3. The first kappa shape index (κ1) is 17.7. The van der Waals surface area contributed by atoms with Crippen LogP contribution in [0.25, 0.3) is 0 Å². The van der Waals surface area contributed by atoms with Crippen LogP contribution in [0, 0.1) is 11.6 Å². The number of aliphatic hydroxyl groups is 1. The van der Waals surface area contributed by atoms with Gasteiger partial charge in [-0.25, -0.2) is 8.78 Å². The third-order valence-corrected chi connectivity index (χ3v) is 3.05. The zero-order valence-electron chi connectivity index (χ0n) is 12.2. The Bertz CT molecular complexity index is 704. The zero-order chi connectivity index (χ0) is 17.7. The van der Waals surface area contributed by atoms with Crippen molar-refractivity contribution < 1.29 is 32.2 Å². The van der Waals surface area contributed by atoms with Crippen molar-refractivity contribution in [3.63, 3.8) is 0 Å². The van der Waals surface area contributed by atoms with E-state index in [1.54, 1.807) is 0 Å². The Labute approximate surface area is 134 Å². The first-order valence-electron chi connectivity index (χ1n) is 6.82. The number of hydrogen-bond acceptors (Lipinski definition) is 3. The Morgan fingerprint density at radius 1 is 1.12 bits per heavy atom. The first-order chi connectivity index (χ1) is 11.3. The van der Waals surface area contributed by atoms with E-state index in [9.17, 15) is 27.5 Å². The topological polar surface area (TPSA) is 58.6 Å². The summed E-state index contributed by atoms with van der Waals surface area (Å²) in [6.45, 7) is -3.28. The normalized spacial score (nSPS) is 12.1. The van der Waals surface area contributed by atoms with E-state index in [0.29, 0.717) is 6.07 Å². The number of alkyl halides is 2. The highest BCUT2D eigenvalue weighted by Crippen LogP contribution is 2.20. The van der Waals surface area contributed by atoms with Gasteiger partial charge in [-0.3, -0.25) is 4.79 Å². The molecule has 1 atom stereocenters. The molecule has 0 radical (unpaired) electrons. The highest BCUT2D eigenvalue weighted by atomic mass is 19.3. The Morgan fingerprint density at radius 3 is 2.42 bits per heavy atom. The van der Waals surface area contributed by atoms with Crippen LogP contribution >= 0.6 is 0 Å². The molecule has 0 aliphatic carbocycles. The molecule has 128 valence electrons. The Hall–Kier alpha value is -2.61. The lowest BCUT2D eigenvalue weighted by atomic mass is 10.1. The molecule has 0 aliphatic heterocycles. The summed E-state index contributed by atoms with van der Waals surface area (Å²) in [5.41, 5.74) is -0.00615. The van der Waals surface area contributed by atoms with Gasteiger partial charge in [-0.2, -0.15) is 8.78 Å². The van der Waals surface area contributed by atoms with Gasteiger partial charge < -0.3 is 15.2 Å². The lowest BCUT2D eigenvalue weighted by molar-refractivity contribution is -0.0499. The van der Waals surface area contributed by atoms with Gasteiger partial charge in [0.1, 0.15) is 17.4 Å². The van der Waals surface area contributed by atoms with Crippen LogP contribution in [0.5, 0.6) is 5.75 Å². The molecule has 2 aromatic rings. The minimum atomic E-state index is -3.00. The summed E-state index contributed by atoms with van der Waals surface area (Å²) in [5.74, 6) is -2.73. The van der Waals surface area contributed by atoms with E-state index >= 15 is 0 Å². The number of carbonyl (C=O) groups excluding carboxylic acids is 1.